The minimum Gasteiger partial charge on any atom is -0.508 e. The Labute approximate surface area is 120 Å². The van der Waals surface area contributed by atoms with Crippen molar-refractivity contribution in [1.82, 2.24) is 4.98 Å². The SMILES string of the molecule is O=C(O)CCc1c(-c2ccncc2)oc2cc(O)ccc12. The number of carboxylic acids is 1. The second-order valence-electron chi connectivity index (χ2n) is 4.72. The molecule has 0 unspecified atom stereocenters. The fraction of sp³-hybridized carbons (Fsp3) is 0.125. The zero-order chi connectivity index (χ0) is 14.8. The molecular weight excluding hydrogens is 270 g/mol. The monoisotopic (exact) mass is 283 g/mol. The lowest BCUT2D eigenvalue weighted by molar-refractivity contribution is -0.136. The van der Waals surface area contributed by atoms with Crippen molar-refractivity contribution in [3.05, 3.63) is 48.3 Å². The zero-order valence-electron chi connectivity index (χ0n) is 11.1. The molecule has 2 aromatic heterocycles. The minimum atomic E-state index is -0.858. The Morgan fingerprint density at radius 2 is 1.95 bits per heavy atom. The van der Waals surface area contributed by atoms with Crippen LogP contribution in [0, 0.1) is 0 Å². The van der Waals surface area contributed by atoms with Crippen LogP contribution in [0.1, 0.15) is 12.0 Å². The molecule has 3 rings (SSSR count). The van der Waals surface area contributed by atoms with Crippen molar-refractivity contribution < 1.29 is 19.4 Å². The molecule has 21 heavy (non-hydrogen) atoms. The van der Waals surface area contributed by atoms with Crippen LogP contribution in [-0.2, 0) is 11.2 Å². The molecule has 0 bridgehead atoms. The summed E-state index contributed by atoms with van der Waals surface area (Å²) in [7, 11) is 0. The number of phenolic OH excluding ortho intramolecular Hbond substituents is 1. The highest BCUT2D eigenvalue weighted by Gasteiger charge is 2.17. The van der Waals surface area contributed by atoms with Gasteiger partial charge in [0.15, 0.2) is 0 Å². The Kier molecular flexibility index (Phi) is 3.31. The molecule has 0 aliphatic heterocycles. The van der Waals surface area contributed by atoms with Gasteiger partial charge in [0, 0.05) is 41.4 Å². The number of carboxylic acid groups (broad SMARTS) is 1. The first kappa shape index (κ1) is 13.2. The Hall–Kier alpha value is -2.82. The average Bonchev–Trinajstić information content (AvgIpc) is 2.83. The van der Waals surface area contributed by atoms with Crippen molar-refractivity contribution in [1.29, 1.82) is 0 Å². The number of aromatic hydroxyl groups is 1. The number of furan rings is 1. The van der Waals surface area contributed by atoms with Gasteiger partial charge in [0.05, 0.1) is 0 Å². The lowest BCUT2D eigenvalue weighted by Gasteiger charge is -2.01. The predicted molar refractivity (Wildman–Crippen MR) is 77.1 cm³/mol. The normalized spacial score (nSPS) is 10.9. The van der Waals surface area contributed by atoms with Crippen molar-refractivity contribution in [3.63, 3.8) is 0 Å². The third kappa shape index (κ3) is 2.58. The minimum absolute atomic E-state index is 0.0214. The van der Waals surface area contributed by atoms with E-state index in [1.165, 1.54) is 6.07 Å². The van der Waals surface area contributed by atoms with Gasteiger partial charge in [0.2, 0.25) is 0 Å². The van der Waals surface area contributed by atoms with Crippen molar-refractivity contribution in [2.75, 3.05) is 0 Å². The molecule has 0 saturated carbocycles. The fourth-order valence-corrected chi connectivity index (χ4v) is 2.36. The van der Waals surface area contributed by atoms with Gasteiger partial charge in [0.25, 0.3) is 0 Å². The maximum atomic E-state index is 10.9. The standard InChI is InChI=1S/C16H13NO4/c18-11-1-2-12-13(3-4-15(19)20)16(21-14(12)9-11)10-5-7-17-8-6-10/h1-2,5-9,18H,3-4H2,(H,19,20). The van der Waals surface area contributed by atoms with Crippen LogP contribution in [0.2, 0.25) is 0 Å². The lowest BCUT2D eigenvalue weighted by atomic mass is 10.0. The number of aliphatic carboxylic acids is 1. The van der Waals surface area contributed by atoms with Gasteiger partial charge in [-0.15, -0.1) is 0 Å². The van der Waals surface area contributed by atoms with E-state index < -0.39 is 5.97 Å². The highest BCUT2D eigenvalue weighted by atomic mass is 16.4. The van der Waals surface area contributed by atoms with E-state index in [1.807, 2.05) is 12.1 Å². The van der Waals surface area contributed by atoms with Gasteiger partial charge >= 0.3 is 5.97 Å². The van der Waals surface area contributed by atoms with Crippen LogP contribution in [0.5, 0.6) is 5.75 Å². The number of aromatic nitrogens is 1. The number of hydrogen-bond acceptors (Lipinski definition) is 4. The summed E-state index contributed by atoms with van der Waals surface area (Å²) in [6.45, 7) is 0. The number of aryl methyl sites for hydroxylation is 1. The van der Waals surface area contributed by atoms with Gasteiger partial charge in [-0.3, -0.25) is 9.78 Å². The van der Waals surface area contributed by atoms with Crippen LogP contribution in [0.4, 0.5) is 0 Å². The summed E-state index contributed by atoms with van der Waals surface area (Å²) in [4.78, 5) is 14.8. The number of phenols is 1. The van der Waals surface area contributed by atoms with E-state index in [0.717, 1.165) is 16.5 Å². The zero-order valence-corrected chi connectivity index (χ0v) is 11.1. The molecule has 106 valence electrons. The number of rotatable bonds is 4. The number of fused-ring (bicyclic) bond motifs is 1. The lowest BCUT2D eigenvalue weighted by Crippen LogP contribution is -1.98. The molecule has 2 heterocycles. The molecule has 5 nitrogen and oxygen atoms in total. The third-order valence-corrected chi connectivity index (χ3v) is 3.31. The summed E-state index contributed by atoms with van der Waals surface area (Å²) >= 11 is 0. The first-order valence-electron chi connectivity index (χ1n) is 6.52. The van der Waals surface area contributed by atoms with E-state index in [-0.39, 0.29) is 12.2 Å². The third-order valence-electron chi connectivity index (χ3n) is 3.31. The van der Waals surface area contributed by atoms with E-state index in [1.54, 1.807) is 24.5 Å². The van der Waals surface area contributed by atoms with E-state index in [9.17, 15) is 9.90 Å². The molecule has 0 aliphatic rings. The maximum Gasteiger partial charge on any atom is 0.303 e. The topological polar surface area (TPSA) is 83.6 Å². The van der Waals surface area contributed by atoms with Gasteiger partial charge < -0.3 is 14.6 Å². The average molecular weight is 283 g/mol. The largest absolute Gasteiger partial charge is 0.508 e. The van der Waals surface area contributed by atoms with E-state index in [0.29, 0.717) is 17.8 Å². The second-order valence-corrected chi connectivity index (χ2v) is 4.72. The molecule has 0 radical (unpaired) electrons. The fourth-order valence-electron chi connectivity index (χ4n) is 2.36. The summed E-state index contributed by atoms with van der Waals surface area (Å²) in [5.74, 6) is -0.120. The molecule has 0 amide bonds. The Morgan fingerprint density at radius 1 is 1.19 bits per heavy atom. The van der Waals surface area contributed by atoms with Crippen LogP contribution in [-0.4, -0.2) is 21.2 Å². The van der Waals surface area contributed by atoms with Gasteiger partial charge in [-0.1, -0.05) is 0 Å². The molecule has 0 aliphatic carbocycles. The quantitative estimate of drug-likeness (QED) is 0.768. The van der Waals surface area contributed by atoms with Crippen molar-refractivity contribution in [2.24, 2.45) is 0 Å². The summed E-state index contributed by atoms with van der Waals surface area (Å²) in [5, 5.41) is 19.3. The van der Waals surface area contributed by atoms with Gasteiger partial charge in [-0.05, 0) is 30.7 Å². The number of hydrogen-bond donors (Lipinski definition) is 2. The predicted octanol–water partition coefficient (Wildman–Crippen LogP) is 3.22. The highest BCUT2D eigenvalue weighted by molar-refractivity contribution is 5.89. The second kappa shape index (κ2) is 5.28. The van der Waals surface area contributed by atoms with Crippen LogP contribution in [0.15, 0.2) is 47.1 Å². The van der Waals surface area contributed by atoms with Crippen LogP contribution >= 0.6 is 0 Å². The van der Waals surface area contributed by atoms with E-state index >= 15 is 0 Å². The van der Waals surface area contributed by atoms with E-state index in [2.05, 4.69) is 4.98 Å². The molecule has 1 aromatic carbocycles. The van der Waals surface area contributed by atoms with Crippen molar-refractivity contribution in [2.45, 2.75) is 12.8 Å². The Morgan fingerprint density at radius 3 is 2.67 bits per heavy atom. The molecule has 0 atom stereocenters. The van der Waals surface area contributed by atoms with Gasteiger partial charge in [-0.2, -0.15) is 0 Å². The molecule has 0 spiro atoms. The molecule has 2 N–H and O–H groups in total. The smallest absolute Gasteiger partial charge is 0.303 e. The van der Waals surface area contributed by atoms with E-state index in [4.69, 9.17) is 9.52 Å². The molecule has 5 heteroatoms. The Balaban J connectivity index is 2.17. The molecular formula is C16H13NO4. The number of pyridine rings is 1. The molecule has 0 fully saturated rings. The maximum absolute atomic E-state index is 10.9. The number of nitrogens with zero attached hydrogens (tertiary/aromatic N) is 1. The first-order valence-corrected chi connectivity index (χ1v) is 6.52. The summed E-state index contributed by atoms with van der Waals surface area (Å²) in [5.41, 5.74) is 2.21. The van der Waals surface area contributed by atoms with Crippen LogP contribution in [0.3, 0.4) is 0 Å². The van der Waals surface area contributed by atoms with Crippen LogP contribution in [0.25, 0.3) is 22.3 Å². The van der Waals surface area contributed by atoms with Crippen molar-refractivity contribution in [3.8, 4) is 17.1 Å². The first-order chi connectivity index (χ1) is 10.1. The van der Waals surface area contributed by atoms with Gasteiger partial charge in [0.1, 0.15) is 17.1 Å². The van der Waals surface area contributed by atoms with Gasteiger partial charge in [-0.25, -0.2) is 0 Å². The highest BCUT2D eigenvalue weighted by Crippen LogP contribution is 2.35. The molecule has 3 aromatic rings. The number of benzene rings is 1. The van der Waals surface area contributed by atoms with Crippen molar-refractivity contribution >= 4 is 16.9 Å². The number of carbonyl (C=O) groups is 1. The molecule has 0 saturated heterocycles. The summed E-state index contributed by atoms with van der Waals surface area (Å²) in [6, 6.07) is 8.46. The summed E-state index contributed by atoms with van der Waals surface area (Å²) < 4.78 is 5.82. The van der Waals surface area contributed by atoms with Crippen LogP contribution < -0.4 is 0 Å². The Bertz CT molecular complexity index is 793. The summed E-state index contributed by atoms with van der Waals surface area (Å²) in [6.07, 6.45) is 3.69.